The Bertz CT molecular complexity index is 1260. The van der Waals surface area contributed by atoms with Gasteiger partial charge in [-0.2, -0.15) is 0 Å². The molecule has 3 N–H and O–H groups in total. The van der Waals surface area contributed by atoms with Gasteiger partial charge in [0.1, 0.15) is 0 Å². The summed E-state index contributed by atoms with van der Waals surface area (Å²) in [7, 11) is -2.14. The van der Waals surface area contributed by atoms with Crippen molar-refractivity contribution in [1.29, 1.82) is 0 Å². The third-order valence-corrected chi connectivity index (χ3v) is 12.6. The van der Waals surface area contributed by atoms with Gasteiger partial charge in [0.05, 0.1) is 0 Å². The first-order valence-corrected chi connectivity index (χ1v) is 16.4. The van der Waals surface area contributed by atoms with E-state index in [4.69, 9.17) is 0 Å². The van der Waals surface area contributed by atoms with Gasteiger partial charge in [-0.25, -0.2) is 0 Å². The van der Waals surface area contributed by atoms with Crippen LogP contribution in [0.4, 0.5) is 0 Å². The van der Waals surface area contributed by atoms with Crippen molar-refractivity contribution in [3.8, 4) is 11.5 Å². The second kappa shape index (κ2) is 15.1. The molecular weight excluding hydrogens is 513 g/mol. The van der Waals surface area contributed by atoms with Crippen LogP contribution in [0.3, 0.4) is 0 Å². The fraction of sp³-hybridized carbons (Fsp3) is 0.229. The molecule has 5 heteroatoms. The molecule has 0 heterocycles. The summed E-state index contributed by atoms with van der Waals surface area (Å²) < 4.78 is 0. The molecule has 0 atom stereocenters. The Morgan fingerprint density at radius 1 is 0.625 bits per heavy atom. The van der Waals surface area contributed by atoms with Crippen molar-refractivity contribution in [2.75, 3.05) is 12.7 Å². The fourth-order valence-electron chi connectivity index (χ4n) is 5.41. The summed E-state index contributed by atoms with van der Waals surface area (Å²) in [6.07, 6.45) is 11.1. The molecule has 0 fully saturated rings. The van der Waals surface area contributed by atoms with E-state index in [1.807, 2.05) is 0 Å². The molecule has 0 aliphatic heterocycles. The first kappa shape index (κ1) is 29.1. The topological polar surface area (TPSA) is 69.6 Å². The first-order chi connectivity index (χ1) is 19.6. The van der Waals surface area contributed by atoms with Crippen molar-refractivity contribution in [2.24, 2.45) is 0 Å². The van der Waals surface area contributed by atoms with E-state index >= 15 is 0 Å². The molecule has 0 aliphatic carbocycles. The molecule has 208 valence electrons. The Labute approximate surface area is 238 Å². The van der Waals surface area contributed by atoms with E-state index in [9.17, 15) is 15.0 Å². The van der Waals surface area contributed by atoms with E-state index in [2.05, 4.69) is 96.3 Å². The third kappa shape index (κ3) is 7.83. The van der Waals surface area contributed by atoms with Crippen LogP contribution in [0.1, 0.15) is 44.1 Å². The Balaban J connectivity index is 1.25. The summed E-state index contributed by atoms with van der Waals surface area (Å²) in [5.41, 5.74) is 0.657. The van der Waals surface area contributed by atoms with Crippen LogP contribution in [0.2, 0.25) is 0 Å². The van der Waals surface area contributed by atoms with Gasteiger partial charge in [0, 0.05) is 0 Å². The second-order valence-electron chi connectivity index (χ2n) is 10.2. The number of amides is 1. The maximum absolute atomic E-state index is 12.1. The zero-order valence-corrected chi connectivity index (χ0v) is 24.0. The van der Waals surface area contributed by atoms with Gasteiger partial charge < -0.3 is 10.2 Å². The third-order valence-electron chi connectivity index (χ3n) is 7.50. The number of hydrogen-bond acceptors (Lipinski definition) is 3. The minimum atomic E-state index is -2.14. The number of rotatable bonds is 14. The van der Waals surface area contributed by atoms with Crippen molar-refractivity contribution in [2.45, 2.75) is 38.5 Å². The molecular formula is C35H40NO3P. The van der Waals surface area contributed by atoms with E-state index < -0.39 is 7.26 Å². The van der Waals surface area contributed by atoms with E-state index in [0.717, 1.165) is 19.3 Å². The van der Waals surface area contributed by atoms with Crippen LogP contribution in [-0.4, -0.2) is 28.8 Å². The molecule has 0 aliphatic rings. The van der Waals surface area contributed by atoms with Crippen molar-refractivity contribution in [3.05, 3.63) is 121 Å². The number of phenols is 2. The predicted octanol–water partition coefficient (Wildman–Crippen LogP) is 6.29. The van der Waals surface area contributed by atoms with Gasteiger partial charge in [0.15, 0.2) is 11.5 Å². The van der Waals surface area contributed by atoms with Crippen LogP contribution in [0, 0.1) is 0 Å². The maximum atomic E-state index is 12.1. The number of hydrogen-bond donors (Lipinski definition) is 3. The second-order valence-corrected chi connectivity index (χ2v) is 14.3. The molecule has 4 aromatic carbocycles. The Kier molecular flexibility index (Phi) is 11.0. The Morgan fingerprint density at radius 3 is 1.65 bits per heavy atom. The summed E-state index contributed by atoms with van der Waals surface area (Å²) in [5, 5.41) is 26.3. The van der Waals surface area contributed by atoms with E-state index in [1.165, 1.54) is 59.5 Å². The number of carbonyl (C=O) groups is 1. The van der Waals surface area contributed by atoms with Gasteiger partial charge in [0.25, 0.3) is 0 Å². The SMILES string of the molecule is O=C(/C=C/c1ccc(O)c(O)c1)NCCCCCCCC[PH](c1ccccc1)(c1ccccc1)c1ccccc1. The number of unbranched alkanes of at least 4 members (excludes halogenated alkanes) is 5. The Hall–Kier alpha value is -3.88. The minimum absolute atomic E-state index is 0.156. The average molecular weight is 554 g/mol. The van der Waals surface area contributed by atoms with Crippen LogP contribution < -0.4 is 21.2 Å². The van der Waals surface area contributed by atoms with Crippen molar-refractivity contribution >= 4 is 35.2 Å². The molecule has 0 saturated carbocycles. The van der Waals surface area contributed by atoms with Crippen LogP contribution in [0.5, 0.6) is 11.5 Å². The van der Waals surface area contributed by atoms with Crippen LogP contribution >= 0.6 is 7.26 Å². The van der Waals surface area contributed by atoms with Gasteiger partial charge in [-0.3, -0.25) is 0 Å². The summed E-state index contributed by atoms with van der Waals surface area (Å²) in [4.78, 5) is 12.1. The van der Waals surface area contributed by atoms with E-state index in [1.54, 1.807) is 12.1 Å². The molecule has 4 aromatic rings. The van der Waals surface area contributed by atoms with Crippen LogP contribution in [0.25, 0.3) is 6.08 Å². The van der Waals surface area contributed by atoms with Crippen molar-refractivity contribution < 1.29 is 15.0 Å². The molecule has 0 aromatic heterocycles. The monoisotopic (exact) mass is 553 g/mol. The molecule has 1 amide bonds. The van der Waals surface area contributed by atoms with Crippen molar-refractivity contribution in [1.82, 2.24) is 5.32 Å². The number of phenolic OH excluding ortho intramolecular Hbond substituents is 2. The zero-order valence-electron chi connectivity index (χ0n) is 23.0. The standard InChI is InChI=1S/C35H40NO3P/c37-33-24-22-29(28-34(33)38)23-25-35(39)36-26-14-3-1-2-4-15-27-40(30-16-8-5-9-17-30,31-18-10-6-11-19-31)32-20-12-7-13-21-32/h5-13,16-25,28,37-38,40H,1-4,14-15,26-27H2,(H,36,39)/b25-23+. The summed E-state index contributed by atoms with van der Waals surface area (Å²) in [6.45, 7) is 0.649. The van der Waals surface area contributed by atoms with Crippen LogP contribution in [-0.2, 0) is 4.79 Å². The molecule has 4 nitrogen and oxygen atoms in total. The molecule has 0 saturated heterocycles. The quantitative estimate of drug-likeness (QED) is 0.0744. The van der Waals surface area contributed by atoms with Gasteiger partial charge in [-0.05, 0) is 17.7 Å². The van der Waals surface area contributed by atoms with Gasteiger partial charge >= 0.3 is 194 Å². The first-order valence-electron chi connectivity index (χ1n) is 14.2. The van der Waals surface area contributed by atoms with E-state index in [-0.39, 0.29) is 17.4 Å². The summed E-state index contributed by atoms with van der Waals surface area (Å²) in [6, 6.07) is 37.8. The van der Waals surface area contributed by atoms with Crippen molar-refractivity contribution in [3.63, 3.8) is 0 Å². The number of carbonyl (C=O) groups excluding carboxylic acids is 1. The van der Waals surface area contributed by atoms with Gasteiger partial charge in [-0.15, -0.1) is 0 Å². The summed E-state index contributed by atoms with van der Waals surface area (Å²) in [5.74, 6) is -0.529. The summed E-state index contributed by atoms with van der Waals surface area (Å²) >= 11 is 0. The van der Waals surface area contributed by atoms with Gasteiger partial charge in [-0.1, -0.05) is 6.07 Å². The molecule has 0 radical (unpaired) electrons. The average Bonchev–Trinajstić information content (AvgIpc) is 3.00. The molecule has 0 bridgehead atoms. The number of benzene rings is 4. The normalized spacial score (nSPS) is 11.9. The molecule has 4 rings (SSSR count). The Morgan fingerprint density at radius 2 is 1.12 bits per heavy atom. The van der Waals surface area contributed by atoms with Crippen LogP contribution in [0.15, 0.2) is 115 Å². The zero-order chi connectivity index (χ0) is 28.0. The molecule has 0 unspecified atom stereocenters. The number of nitrogens with one attached hydrogen (secondary N) is 1. The molecule has 0 spiro atoms. The van der Waals surface area contributed by atoms with Gasteiger partial charge in [0.2, 0.25) is 0 Å². The number of aromatic hydroxyl groups is 2. The fourth-order valence-corrected chi connectivity index (χ4v) is 10.3. The van der Waals surface area contributed by atoms with E-state index in [0.29, 0.717) is 12.1 Å². The predicted molar refractivity (Wildman–Crippen MR) is 171 cm³/mol. The molecule has 40 heavy (non-hydrogen) atoms.